The van der Waals surface area contributed by atoms with Crippen LogP contribution in [-0.2, 0) is 12.6 Å². The van der Waals surface area contributed by atoms with Gasteiger partial charge in [0.2, 0.25) is 0 Å². The van der Waals surface area contributed by atoms with Crippen molar-refractivity contribution >= 4 is 23.1 Å². The topological polar surface area (TPSA) is 49.3 Å². The van der Waals surface area contributed by atoms with Crippen molar-refractivity contribution in [2.45, 2.75) is 39.3 Å². The molecule has 3 heterocycles. The molecular weight excluding hydrogens is 389 g/mol. The molecule has 3 rings (SSSR count). The number of hydrogen-bond donors (Lipinski definition) is 0. The second-order valence-electron chi connectivity index (χ2n) is 6.81. The van der Waals surface area contributed by atoms with Crippen molar-refractivity contribution in [2.75, 3.05) is 31.1 Å². The summed E-state index contributed by atoms with van der Waals surface area (Å²) in [6, 6.07) is 2.44. The zero-order chi connectivity index (χ0) is 20.3. The number of hydrogen-bond acceptors (Lipinski definition) is 5. The summed E-state index contributed by atoms with van der Waals surface area (Å²) in [7, 11) is 0. The predicted octanol–water partition coefficient (Wildman–Crippen LogP) is 4.17. The van der Waals surface area contributed by atoms with Crippen LogP contribution in [0.4, 0.5) is 19.0 Å². The normalized spacial score (nSPS) is 15.6. The van der Waals surface area contributed by atoms with Gasteiger partial charge in [-0.25, -0.2) is 9.97 Å². The average molecular weight is 412 g/mol. The van der Waals surface area contributed by atoms with Crippen LogP contribution in [0.2, 0.25) is 0 Å². The molecule has 1 amide bonds. The number of alkyl halides is 3. The summed E-state index contributed by atoms with van der Waals surface area (Å²) >= 11 is 1.46. The minimum Gasteiger partial charge on any atom is -0.355 e. The van der Waals surface area contributed by atoms with E-state index in [9.17, 15) is 18.0 Å². The monoisotopic (exact) mass is 412 g/mol. The third-order valence-electron chi connectivity index (χ3n) is 4.68. The zero-order valence-electron chi connectivity index (χ0n) is 15.9. The third-order valence-corrected chi connectivity index (χ3v) is 5.89. The van der Waals surface area contributed by atoms with Gasteiger partial charge in [0.15, 0.2) is 0 Å². The van der Waals surface area contributed by atoms with Crippen molar-refractivity contribution in [2.24, 2.45) is 0 Å². The van der Waals surface area contributed by atoms with Crippen LogP contribution in [0.1, 0.15) is 45.7 Å². The lowest BCUT2D eigenvalue weighted by Gasteiger charge is -2.23. The first-order valence-corrected chi connectivity index (χ1v) is 10.1. The van der Waals surface area contributed by atoms with Gasteiger partial charge in [-0.15, -0.1) is 11.3 Å². The van der Waals surface area contributed by atoms with E-state index in [1.165, 1.54) is 17.4 Å². The highest BCUT2D eigenvalue weighted by atomic mass is 32.1. The Morgan fingerprint density at radius 1 is 1.21 bits per heavy atom. The molecule has 1 aliphatic rings. The van der Waals surface area contributed by atoms with Crippen LogP contribution in [0, 0.1) is 6.92 Å². The number of carbonyl (C=O) groups excluding carboxylic acids is 1. The zero-order valence-corrected chi connectivity index (χ0v) is 16.7. The predicted molar refractivity (Wildman–Crippen MR) is 103 cm³/mol. The lowest BCUT2D eigenvalue weighted by Crippen LogP contribution is -2.35. The minimum atomic E-state index is -4.39. The van der Waals surface area contributed by atoms with Gasteiger partial charge in [-0.2, -0.15) is 13.2 Å². The molecule has 0 aliphatic carbocycles. The molecule has 0 N–H and O–H groups in total. The number of nitrogens with zero attached hydrogens (tertiary/aromatic N) is 4. The number of aromatic nitrogens is 2. The van der Waals surface area contributed by atoms with Crippen molar-refractivity contribution in [1.29, 1.82) is 0 Å². The van der Waals surface area contributed by atoms with Crippen LogP contribution in [0.25, 0.3) is 0 Å². The average Bonchev–Trinajstić information content (AvgIpc) is 2.87. The third kappa shape index (κ3) is 4.63. The summed E-state index contributed by atoms with van der Waals surface area (Å²) in [6.45, 7) is 6.23. The van der Waals surface area contributed by atoms with E-state index in [1.54, 1.807) is 4.90 Å². The van der Waals surface area contributed by atoms with Crippen LogP contribution < -0.4 is 4.90 Å². The van der Waals surface area contributed by atoms with Crippen molar-refractivity contribution in [3.8, 4) is 0 Å². The van der Waals surface area contributed by atoms with Gasteiger partial charge in [0.1, 0.15) is 10.7 Å². The van der Waals surface area contributed by atoms with E-state index in [4.69, 9.17) is 0 Å². The van der Waals surface area contributed by atoms with E-state index in [1.807, 2.05) is 11.8 Å². The van der Waals surface area contributed by atoms with Gasteiger partial charge < -0.3 is 9.80 Å². The number of thiazole rings is 1. The molecule has 0 atom stereocenters. The highest BCUT2D eigenvalue weighted by molar-refractivity contribution is 7.13. The van der Waals surface area contributed by atoms with Crippen LogP contribution in [0.3, 0.4) is 0 Å². The number of carbonyl (C=O) groups is 1. The molecule has 1 fully saturated rings. The lowest BCUT2D eigenvalue weighted by molar-refractivity contribution is -0.137. The quantitative estimate of drug-likeness (QED) is 0.756. The highest BCUT2D eigenvalue weighted by Gasteiger charge is 2.31. The Hall–Kier alpha value is -2.16. The summed E-state index contributed by atoms with van der Waals surface area (Å²) in [5.74, 6) is 0.487. The fourth-order valence-electron chi connectivity index (χ4n) is 3.21. The Morgan fingerprint density at radius 2 is 2.00 bits per heavy atom. The van der Waals surface area contributed by atoms with Crippen molar-refractivity contribution in [1.82, 2.24) is 14.9 Å². The van der Waals surface area contributed by atoms with Gasteiger partial charge in [-0.3, -0.25) is 4.79 Å². The number of amides is 1. The van der Waals surface area contributed by atoms with Gasteiger partial charge in [0.25, 0.3) is 5.91 Å². The van der Waals surface area contributed by atoms with E-state index >= 15 is 0 Å². The minimum absolute atomic E-state index is 0.0143. The molecule has 1 aliphatic heterocycles. The summed E-state index contributed by atoms with van der Waals surface area (Å²) < 4.78 is 38.1. The maximum absolute atomic E-state index is 12.9. The van der Waals surface area contributed by atoms with Crippen LogP contribution in [-0.4, -0.2) is 47.0 Å². The first kappa shape index (κ1) is 20.6. The SMILES string of the molecule is CCCc1nc(C)c(C(=O)N2CCCN(c3ccc(C(F)(F)F)cn3)CC2)s1. The van der Waals surface area contributed by atoms with Crippen molar-refractivity contribution in [3.05, 3.63) is 39.5 Å². The molecule has 0 spiro atoms. The number of halogens is 3. The smallest absolute Gasteiger partial charge is 0.355 e. The number of pyridine rings is 1. The molecule has 0 saturated carbocycles. The van der Waals surface area contributed by atoms with E-state index in [0.717, 1.165) is 42.2 Å². The molecule has 0 radical (unpaired) electrons. The Balaban J connectivity index is 1.67. The van der Waals surface area contributed by atoms with Crippen LogP contribution in [0.5, 0.6) is 0 Å². The van der Waals surface area contributed by atoms with Crippen molar-refractivity contribution < 1.29 is 18.0 Å². The molecule has 0 bridgehead atoms. The van der Waals surface area contributed by atoms with Gasteiger partial charge in [0, 0.05) is 32.4 Å². The molecule has 1 saturated heterocycles. The summed E-state index contributed by atoms with van der Waals surface area (Å²) in [5, 5.41) is 0.980. The molecule has 2 aromatic rings. The maximum Gasteiger partial charge on any atom is 0.417 e. The number of aryl methyl sites for hydroxylation is 2. The summed E-state index contributed by atoms with van der Waals surface area (Å²) in [4.78, 5) is 25.8. The lowest BCUT2D eigenvalue weighted by atomic mass is 10.2. The molecule has 28 heavy (non-hydrogen) atoms. The molecule has 152 valence electrons. The van der Waals surface area contributed by atoms with E-state index < -0.39 is 11.7 Å². The Bertz CT molecular complexity index is 820. The Labute approximate surface area is 166 Å². The second-order valence-corrected chi connectivity index (χ2v) is 7.89. The Kier molecular flexibility index (Phi) is 6.22. The molecular formula is C19H23F3N4OS. The first-order valence-electron chi connectivity index (χ1n) is 9.33. The molecule has 0 unspecified atom stereocenters. The molecule has 5 nitrogen and oxygen atoms in total. The standard InChI is InChI=1S/C19H23F3N4OS/c1-3-5-16-24-13(2)17(28-16)18(27)26-9-4-8-25(10-11-26)15-7-6-14(12-23-15)19(20,21)22/h6-7,12H,3-5,8-11H2,1-2H3. The van der Waals surface area contributed by atoms with E-state index in [0.29, 0.717) is 36.9 Å². The summed E-state index contributed by atoms with van der Waals surface area (Å²) in [5.41, 5.74) is 0.00962. The van der Waals surface area contributed by atoms with Gasteiger partial charge in [-0.05, 0) is 38.3 Å². The molecule has 9 heteroatoms. The first-order chi connectivity index (χ1) is 13.3. The van der Waals surface area contributed by atoms with Gasteiger partial charge >= 0.3 is 6.18 Å². The second kappa shape index (κ2) is 8.46. The fraction of sp³-hybridized carbons (Fsp3) is 0.526. The van der Waals surface area contributed by atoms with E-state index in [2.05, 4.69) is 16.9 Å². The van der Waals surface area contributed by atoms with Crippen LogP contribution >= 0.6 is 11.3 Å². The molecule has 0 aromatic carbocycles. The largest absolute Gasteiger partial charge is 0.417 e. The number of anilines is 1. The fourth-order valence-corrected chi connectivity index (χ4v) is 4.34. The Morgan fingerprint density at radius 3 is 2.64 bits per heavy atom. The van der Waals surface area contributed by atoms with Gasteiger partial charge in [0.05, 0.1) is 16.3 Å². The highest BCUT2D eigenvalue weighted by Crippen LogP contribution is 2.29. The summed E-state index contributed by atoms with van der Waals surface area (Å²) in [6.07, 6.45) is -0.949. The van der Waals surface area contributed by atoms with E-state index in [-0.39, 0.29) is 5.91 Å². The van der Waals surface area contributed by atoms with Crippen LogP contribution in [0.15, 0.2) is 18.3 Å². The number of rotatable bonds is 4. The maximum atomic E-state index is 12.9. The van der Waals surface area contributed by atoms with Crippen molar-refractivity contribution in [3.63, 3.8) is 0 Å². The molecule has 2 aromatic heterocycles. The van der Waals surface area contributed by atoms with Gasteiger partial charge in [-0.1, -0.05) is 6.92 Å².